The van der Waals surface area contributed by atoms with Crippen molar-refractivity contribution in [3.8, 4) is 0 Å². The zero-order valence-corrected chi connectivity index (χ0v) is 20.1. The van der Waals surface area contributed by atoms with Crippen LogP contribution in [0, 0.1) is 0 Å². The van der Waals surface area contributed by atoms with E-state index < -0.39 is 18.1 Å². The Kier molecular flexibility index (Phi) is 12.5. The smallest absolute Gasteiger partial charge is 0.270 e. The average Bonchev–Trinajstić information content (AvgIpc) is 2.65. The number of carbonyl (C=O) groups is 2. The second-order valence-electron chi connectivity index (χ2n) is 8.17. The molecule has 0 radical (unpaired) electrons. The van der Waals surface area contributed by atoms with Crippen molar-refractivity contribution in [2.45, 2.75) is 98.6 Å². The Morgan fingerprint density at radius 1 is 1.13 bits per heavy atom. The first-order valence-corrected chi connectivity index (χ1v) is 10.9. The van der Waals surface area contributed by atoms with Crippen molar-refractivity contribution in [3.05, 3.63) is 46.7 Å². The van der Waals surface area contributed by atoms with Crippen molar-refractivity contribution < 1.29 is 23.5 Å². The van der Waals surface area contributed by atoms with Crippen molar-refractivity contribution in [3.63, 3.8) is 0 Å². The topological polar surface area (TPSA) is 66.4 Å². The third kappa shape index (κ3) is 10.2. The van der Waals surface area contributed by atoms with E-state index in [1.807, 2.05) is 13.8 Å². The summed E-state index contributed by atoms with van der Waals surface area (Å²) in [5.74, 6) is -3.44. The van der Waals surface area contributed by atoms with Gasteiger partial charge < -0.3 is 10.4 Å². The van der Waals surface area contributed by atoms with Gasteiger partial charge in [0.15, 0.2) is 11.6 Å². The summed E-state index contributed by atoms with van der Waals surface area (Å²) in [5.41, 5.74) is 1.51. The standard InChI is InChI=1S/C25H39F2NO3/c1-9-11-21(30)13-14-22(17(5)19(7)29)24(31)18(6)28-20(10-2)12-15-23(16(3)4)25(8,26)27/h12,15,18,21,28,30H,3,9-11,13-14H2,1-2,4-8H3/b20-12+,22-17-,23-15+. The summed E-state index contributed by atoms with van der Waals surface area (Å²) < 4.78 is 27.5. The Bertz CT molecular complexity index is 742. The van der Waals surface area contributed by atoms with Crippen molar-refractivity contribution in [2.24, 2.45) is 0 Å². The van der Waals surface area contributed by atoms with Gasteiger partial charge in [-0.25, -0.2) is 8.78 Å². The molecule has 0 spiro atoms. The molecule has 2 atom stereocenters. The molecule has 2 N–H and O–H groups in total. The van der Waals surface area contributed by atoms with E-state index in [1.165, 1.54) is 26.0 Å². The van der Waals surface area contributed by atoms with E-state index >= 15 is 0 Å². The van der Waals surface area contributed by atoms with Gasteiger partial charge in [-0.1, -0.05) is 32.9 Å². The lowest BCUT2D eigenvalue weighted by molar-refractivity contribution is -0.118. The molecular weight excluding hydrogens is 400 g/mol. The van der Waals surface area contributed by atoms with Crippen LogP contribution in [0.4, 0.5) is 8.78 Å². The van der Waals surface area contributed by atoms with Crippen LogP contribution in [0.15, 0.2) is 46.7 Å². The summed E-state index contributed by atoms with van der Waals surface area (Å²) in [6.07, 6.45) is 5.02. The highest BCUT2D eigenvalue weighted by atomic mass is 19.3. The fraction of sp³-hybridized carbons (Fsp3) is 0.600. The molecule has 0 fully saturated rings. The molecule has 0 rings (SSSR count). The molecule has 0 aliphatic carbocycles. The lowest BCUT2D eigenvalue weighted by Gasteiger charge is -2.20. The molecule has 4 nitrogen and oxygen atoms in total. The second kappa shape index (κ2) is 13.4. The Balaban J connectivity index is 5.68. The van der Waals surface area contributed by atoms with Crippen LogP contribution >= 0.6 is 0 Å². The maximum Gasteiger partial charge on any atom is 0.270 e. The van der Waals surface area contributed by atoms with Gasteiger partial charge in [0.1, 0.15) is 0 Å². The fourth-order valence-corrected chi connectivity index (χ4v) is 3.22. The summed E-state index contributed by atoms with van der Waals surface area (Å²) in [6, 6.07) is -0.650. The molecule has 0 aromatic carbocycles. The summed E-state index contributed by atoms with van der Waals surface area (Å²) in [4.78, 5) is 25.0. The largest absolute Gasteiger partial charge is 0.393 e. The van der Waals surface area contributed by atoms with Crippen molar-refractivity contribution in [2.75, 3.05) is 0 Å². The molecule has 0 saturated heterocycles. The highest BCUT2D eigenvalue weighted by Crippen LogP contribution is 2.28. The summed E-state index contributed by atoms with van der Waals surface area (Å²) >= 11 is 0. The van der Waals surface area contributed by atoms with E-state index in [9.17, 15) is 23.5 Å². The van der Waals surface area contributed by atoms with E-state index in [2.05, 4.69) is 11.9 Å². The molecular formula is C25H39F2NO3. The van der Waals surface area contributed by atoms with Crippen LogP contribution in [0.1, 0.15) is 80.6 Å². The first-order valence-electron chi connectivity index (χ1n) is 10.9. The number of hydrogen-bond acceptors (Lipinski definition) is 4. The maximum atomic E-state index is 13.8. The van der Waals surface area contributed by atoms with Crippen molar-refractivity contribution in [1.29, 1.82) is 0 Å². The number of alkyl halides is 2. The number of rotatable bonds is 14. The Hall–Kier alpha value is -2.08. The predicted octanol–water partition coefficient (Wildman–Crippen LogP) is 5.83. The number of aliphatic hydroxyl groups excluding tert-OH is 1. The number of aliphatic hydroxyl groups is 1. The molecule has 0 amide bonds. The molecule has 0 aromatic rings. The third-order valence-corrected chi connectivity index (χ3v) is 5.19. The molecule has 6 heteroatoms. The van der Waals surface area contributed by atoms with Crippen LogP contribution in [0.5, 0.6) is 0 Å². The van der Waals surface area contributed by atoms with Crippen LogP contribution < -0.4 is 5.32 Å². The predicted molar refractivity (Wildman–Crippen MR) is 123 cm³/mol. The number of carbonyl (C=O) groups excluding carboxylic acids is 2. The van der Waals surface area contributed by atoms with Crippen molar-refractivity contribution >= 4 is 11.6 Å². The van der Waals surface area contributed by atoms with Crippen LogP contribution in [-0.4, -0.2) is 34.7 Å². The highest BCUT2D eigenvalue weighted by molar-refractivity contribution is 6.07. The van der Waals surface area contributed by atoms with Gasteiger partial charge in [0, 0.05) is 23.8 Å². The van der Waals surface area contributed by atoms with Gasteiger partial charge >= 0.3 is 0 Å². The molecule has 0 aliphatic rings. The molecule has 0 aliphatic heterocycles. The highest BCUT2D eigenvalue weighted by Gasteiger charge is 2.27. The number of halogens is 2. The van der Waals surface area contributed by atoms with Gasteiger partial charge in [-0.3, -0.25) is 9.59 Å². The van der Waals surface area contributed by atoms with E-state index in [0.717, 1.165) is 13.3 Å². The van der Waals surface area contributed by atoms with E-state index in [4.69, 9.17) is 0 Å². The SMILES string of the molecule is C=C(C)/C(=C\C=C(/CC)NC(C)C(=O)/C(CCC(O)CCC)=C(/C)C(C)=O)C(C)(F)F. The number of nitrogens with one attached hydrogen (secondary N) is 1. The quantitative estimate of drug-likeness (QED) is 0.264. The minimum absolute atomic E-state index is 0.169. The number of allylic oxidation sites excluding steroid dienone is 6. The van der Waals surface area contributed by atoms with Gasteiger partial charge in [0.05, 0.1) is 12.1 Å². The molecule has 0 saturated carbocycles. The van der Waals surface area contributed by atoms with E-state index in [0.29, 0.717) is 42.5 Å². The molecule has 0 aromatic heterocycles. The molecule has 176 valence electrons. The maximum absolute atomic E-state index is 13.8. The lowest BCUT2D eigenvalue weighted by atomic mass is 9.92. The summed E-state index contributed by atoms with van der Waals surface area (Å²) in [6.45, 7) is 14.5. The summed E-state index contributed by atoms with van der Waals surface area (Å²) in [7, 11) is 0. The van der Waals surface area contributed by atoms with Gasteiger partial charge in [0.2, 0.25) is 0 Å². The van der Waals surface area contributed by atoms with Gasteiger partial charge in [-0.2, -0.15) is 0 Å². The number of ketones is 2. The first kappa shape index (κ1) is 28.9. The molecule has 0 bridgehead atoms. The van der Waals surface area contributed by atoms with Crippen LogP contribution in [0.3, 0.4) is 0 Å². The molecule has 2 unspecified atom stereocenters. The van der Waals surface area contributed by atoms with Gasteiger partial charge in [-0.05, 0) is 70.6 Å². The fourth-order valence-electron chi connectivity index (χ4n) is 3.22. The zero-order chi connectivity index (χ0) is 24.4. The second-order valence-corrected chi connectivity index (χ2v) is 8.17. The van der Waals surface area contributed by atoms with Crippen molar-refractivity contribution in [1.82, 2.24) is 5.32 Å². The van der Waals surface area contributed by atoms with Crippen LogP contribution in [0.2, 0.25) is 0 Å². The Morgan fingerprint density at radius 2 is 1.71 bits per heavy atom. The zero-order valence-electron chi connectivity index (χ0n) is 20.1. The average molecular weight is 440 g/mol. The van der Waals surface area contributed by atoms with Gasteiger partial charge in [0.25, 0.3) is 5.92 Å². The van der Waals surface area contributed by atoms with Crippen LogP contribution in [-0.2, 0) is 9.59 Å². The van der Waals surface area contributed by atoms with E-state index in [-0.39, 0.29) is 22.7 Å². The minimum Gasteiger partial charge on any atom is -0.393 e. The number of hydrogen-bond donors (Lipinski definition) is 2. The minimum atomic E-state index is -3.02. The van der Waals surface area contributed by atoms with E-state index in [1.54, 1.807) is 13.8 Å². The lowest BCUT2D eigenvalue weighted by Crippen LogP contribution is -2.35. The number of Topliss-reactive ketones (excluding diaryl/α,β-unsaturated/α-hetero) is 2. The monoisotopic (exact) mass is 439 g/mol. The molecule has 31 heavy (non-hydrogen) atoms. The normalized spacial score (nSPS) is 15.8. The summed E-state index contributed by atoms with van der Waals surface area (Å²) in [5, 5.41) is 13.1. The van der Waals surface area contributed by atoms with Gasteiger partial charge in [-0.15, -0.1) is 0 Å². The Morgan fingerprint density at radius 3 is 2.13 bits per heavy atom. The van der Waals surface area contributed by atoms with Crippen LogP contribution in [0.25, 0.3) is 0 Å². The third-order valence-electron chi connectivity index (χ3n) is 5.19. The first-order chi connectivity index (χ1) is 14.3. The molecule has 0 heterocycles. The Labute approximate surface area is 186 Å².